The molecule has 0 amide bonds. The molecule has 5 aromatic rings. The summed E-state index contributed by atoms with van der Waals surface area (Å²) < 4.78 is 27.1. The molecule has 4 heterocycles. The summed E-state index contributed by atoms with van der Waals surface area (Å²) in [6.45, 7) is 3.91. The van der Waals surface area contributed by atoms with Crippen LogP contribution in [0.15, 0.2) is 84.6 Å². The van der Waals surface area contributed by atoms with Gasteiger partial charge in [0.1, 0.15) is 17.0 Å². The fourth-order valence-electron chi connectivity index (χ4n) is 4.78. The van der Waals surface area contributed by atoms with Crippen molar-refractivity contribution in [2.45, 2.75) is 37.6 Å². The van der Waals surface area contributed by atoms with Gasteiger partial charge in [0.15, 0.2) is 21.3 Å². The minimum Gasteiger partial charge on any atom is -0.394 e. The predicted molar refractivity (Wildman–Crippen MR) is 161 cm³/mol. The lowest BCUT2D eigenvalue weighted by Crippen LogP contribution is -2.30. The summed E-state index contributed by atoms with van der Waals surface area (Å²) >= 11 is 0. The van der Waals surface area contributed by atoms with Crippen LogP contribution in [0.5, 0.6) is 0 Å². The van der Waals surface area contributed by atoms with Gasteiger partial charge in [-0.15, -0.1) is 0 Å². The van der Waals surface area contributed by atoms with Crippen LogP contribution in [0.2, 0.25) is 0 Å². The molecule has 1 atom stereocenters. The second-order valence-corrected chi connectivity index (χ2v) is 11.7. The molecule has 0 fully saturated rings. The van der Waals surface area contributed by atoms with Gasteiger partial charge in [0.2, 0.25) is 0 Å². The lowest BCUT2D eigenvalue weighted by Gasteiger charge is -2.27. The van der Waals surface area contributed by atoms with Crippen LogP contribution in [0, 0.1) is 0 Å². The van der Waals surface area contributed by atoms with Crippen LogP contribution in [0.25, 0.3) is 28.0 Å². The van der Waals surface area contributed by atoms with Crippen molar-refractivity contribution >= 4 is 32.8 Å². The van der Waals surface area contributed by atoms with E-state index in [9.17, 15) is 8.42 Å². The van der Waals surface area contributed by atoms with Crippen molar-refractivity contribution in [1.82, 2.24) is 29.5 Å². The molecule has 4 aromatic heterocycles. The Bertz CT molecular complexity index is 1820. The standard InChI is InChI=1S/C29H31N9O2S/c1-4-14-37(29-23(30)17-32-18-34-29)19(2)10-12-25-26(41(3,39)40)27(31)38-28(36-25)22(16-35-38)21-11-13-24(33-15-21)20-8-6-5-7-9-20/h4-9,11,13-19H,10,12,30-31H2,1-3H3/b14-4-/t19-/m1/s1. The van der Waals surface area contributed by atoms with Crippen LogP contribution >= 0.6 is 0 Å². The van der Waals surface area contributed by atoms with Gasteiger partial charge >= 0.3 is 0 Å². The maximum Gasteiger partial charge on any atom is 0.180 e. The fraction of sp³-hybridized carbons (Fsp3) is 0.207. The molecule has 5 rings (SSSR count). The Morgan fingerprint density at radius 2 is 1.80 bits per heavy atom. The molecule has 210 valence electrons. The van der Waals surface area contributed by atoms with Crippen molar-refractivity contribution < 1.29 is 8.42 Å². The molecule has 0 saturated carbocycles. The molecule has 0 aliphatic carbocycles. The molecule has 41 heavy (non-hydrogen) atoms. The van der Waals surface area contributed by atoms with Crippen molar-refractivity contribution in [1.29, 1.82) is 0 Å². The SMILES string of the molecule is C/C=C\N(c1ncncc1N)[C@H](C)CCc1nc2c(-c3ccc(-c4ccccc4)nc3)cnn2c(N)c1S(C)(=O)=O. The summed E-state index contributed by atoms with van der Waals surface area (Å²) in [5.74, 6) is 0.590. The van der Waals surface area contributed by atoms with Crippen LogP contribution in [0.1, 0.15) is 26.0 Å². The number of pyridine rings is 1. The normalized spacial score (nSPS) is 12.7. The number of aromatic nitrogens is 6. The summed E-state index contributed by atoms with van der Waals surface area (Å²) in [7, 11) is -3.71. The molecule has 0 aliphatic rings. The largest absolute Gasteiger partial charge is 0.394 e. The average Bonchev–Trinajstić information content (AvgIpc) is 3.39. The number of aryl methyl sites for hydroxylation is 1. The van der Waals surface area contributed by atoms with Gasteiger partial charge < -0.3 is 16.4 Å². The quantitative estimate of drug-likeness (QED) is 0.264. The van der Waals surface area contributed by atoms with E-state index < -0.39 is 9.84 Å². The molecule has 4 N–H and O–H groups in total. The van der Waals surface area contributed by atoms with E-state index in [0.717, 1.165) is 23.1 Å². The first kappa shape index (κ1) is 27.7. The van der Waals surface area contributed by atoms with E-state index in [1.807, 2.05) is 73.5 Å². The predicted octanol–water partition coefficient (Wildman–Crippen LogP) is 4.18. The maximum atomic E-state index is 12.9. The Morgan fingerprint density at radius 1 is 1.02 bits per heavy atom. The molecule has 11 nitrogen and oxygen atoms in total. The number of allylic oxidation sites excluding steroid dienone is 1. The first-order chi connectivity index (χ1) is 19.7. The van der Waals surface area contributed by atoms with E-state index in [2.05, 4.69) is 20.1 Å². The molecule has 0 unspecified atom stereocenters. The number of benzene rings is 1. The minimum atomic E-state index is -3.71. The molecule has 0 aliphatic heterocycles. The Morgan fingerprint density at radius 3 is 2.46 bits per heavy atom. The van der Waals surface area contributed by atoms with Gasteiger partial charge in [-0.2, -0.15) is 9.61 Å². The zero-order valence-electron chi connectivity index (χ0n) is 23.0. The number of hydrogen-bond donors (Lipinski definition) is 2. The van der Waals surface area contributed by atoms with Crippen molar-refractivity contribution in [3.05, 3.63) is 85.4 Å². The smallest absolute Gasteiger partial charge is 0.180 e. The zero-order valence-corrected chi connectivity index (χ0v) is 23.8. The van der Waals surface area contributed by atoms with Crippen molar-refractivity contribution in [2.24, 2.45) is 0 Å². The Balaban J connectivity index is 1.52. The maximum absolute atomic E-state index is 12.9. The molecule has 0 saturated heterocycles. The summed E-state index contributed by atoms with van der Waals surface area (Å²) in [5.41, 5.74) is 17.2. The van der Waals surface area contributed by atoms with E-state index in [1.54, 1.807) is 18.6 Å². The summed E-state index contributed by atoms with van der Waals surface area (Å²) in [5, 5.41) is 4.38. The van der Waals surface area contributed by atoms with E-state index in [4.69, 9.17) is 16.5 Å². The van der Waals surface area contributed by atoms with Crippen molar-refractivity contribution in [2.75, 3.05) is 22.6 Å². The van der Waals surface area contributed by atoms with Crippen molar-refractivity contribution in [3.8, 4) is 22.4 Å². The fourth-order valence-corrected chi connectivity index (χ4v) is 5.82. The second-order valence-electron chi connectivity index (χ2n) is 9.72. The number of nitrogens with zero attached hydrogens (tertiary/aromatic N) is 7. The van der Waals surface area contributed by atoms with Crippen LogP contribution in [-0.2, 0) is 16.3 Å². The van der Waals surface area contributed by atoms with Gasteiger partial charge in [-0.3, -0.25) is 4.98 Å². The monoisotopic (exact) mass is 569 g/mol. The topological polar surface area (TPSA) is 158 Å². The first-order valence-corrected chi connectivity index (χ1v) is 14.9. The molecule has 1 aromatic carbocycles. The van der Waals surface area contributed by atoms with Gasteiger partial charge in [-0.1, -0.05) is 42.5 Å². The third-order valence-electron chi connectivity index (χ3n) is 6.77. The number of nitrogens with two attached hydrogens (primary N) is 2. The van der Waals surface area contributed by atoms with Gasteiger partial charge in [0, 0.05) is 41.4 Å². The minimum absolute atomic E-state index is 0.0191. The van der Waals surface area contributed by atoms with Gasteiger partial charge in [0.05, 0.1) is 29.5 Å². The number of nitrogen functional groups attached to an aromatic ring is 2. The van der Waals surface area contributed by atoms with Gasteiger partial charge in [-0.05, 0) is 32.8 Å². The van der Waals surface area contributed by atoms with Crippen LogP contribution in [-0.4, -0.2) is 50.3 Å². The summed E-state index contributed by atoms with van der Waals surface area (Å²) in [4.78, 5) is 19.7. The molecule has 0 bridgehead atoms. The molecule has 0 radical (unpaired) electrons. The van der Waals surface area contributed by atoms with Crippen LogP contribution < -0.4 is 16.4 Å². The van der Waals surface area contributed by atoms with Gasteiger partial charge in [-0.25, -0.2) is 23.4 Å². The molecule has 12 heteroatoms. The lowest BCUT2D eigenvalue weighted by molar-refractivity contribution is 0.594. The number of fused-ring (bicyclic) bond motifs is 1. The van der Waals surface area contributed by atoms with Crippen LogP contribution in [0.3, 0.4) is 0 Å². The highest BCUT2D eigenvalue weighted by molar-refractivity contribution is 7.91. The highest BCUT2D eigenvalue weighted by Gasteiger charge is 2.25. The third-order valence-corrected chi connectivity index (χ3v) is 7.96. The number of sulfone groups is 1. The summed E-state index contributed by atoms with van der Waals surface area (Å²) in [6, 6.07) is 13.6. The first-order valence-electron chi connectivity index (χ1n) is 13.0. The number of anilines is 3. The average molecular weight is 570 g/mol. The Hall–Kier alpha value is -4.84. The Labute approximate surface area is 238 Å². The zero-order chi connectivity index (χ0) is 29.1. The van der Waals surface area contributed by atoms with Crippen LogP contribution in [0.4, 0.5) is 17.3 Å². The van der Waals surface area contributed by atoms with E-state index in [0.29, 0.717) is 41.3 Å². The number of hydrogen-bond acceptors (Lipinski definition) is 10. The summed E-state index contributed by atoms with van der Waals surface area (Å²) in [6.07, 6.45) is 12.1. The molecular weight excluding hydrogens is 538 g/mol. The highest BCUT2D eigenvalue weighted by Crippen LogP contribution is 2.31. The van der Waals surface area contributed by atoms with Crippen molar-refractivity contribution in [3.63, 3.8) is 0 Å². The number of rotatable bonds is 9. The lowest BCUT2D eigenvalue weighted by atomic mass is 10.1. The Kier molecular flexibility index (Phi) is 7.66. The third kappa shape index (κ3) is 5.59. The van der Waals surface area contributed by atoms with E-state index >= 15 is 0 Å². The molecular formula is C29H31N9O2S. The highest BCUT2D eigenvalue weighted by atomic mass is 32.2. The molecule has 0 spiro atoms. The van der Waals surface area contributed by atoms with E-state index in [-0.39, 0.29) is 16.8 Å². The van der Waals surface area contributed by atoms with E-state index in [1.165, 1.54) is 10.8 Å². The van der Waals surface area contributed by atoms with Gasteiger partial charge in [0.25, 0.3) is 0 Å². The second kappa shape index (κ2) is 11.3.